The maximum atomic E-state index is 13.3. The number of rotatable bonds is 11. The first-order valence-corrected chi connectivity index (χ1v) is 29.8. The number of piperidine rings is 2. The highest BCUT2D eigenvalue weighted by molar-refractivity contribution is 7.80. The van der Waals surface area contributed by atoms with Crippen molar-refractivity contribution in [2.24, 2.45) is 41.4 Å². The monoisotopic (exact) mass is 1090 g/mol. The summed E-state index contributed by atoms with van der Waals surface area (Å²) < 4.78 is 32.1. The number of carbonyl (C=O) groups is 1. The molecule has 0 unspecified atom stereocenters. The van der Waals surface area contributed by atoms with E-state index in [1.807, 2.05) is 49.1 Å². The molecule has 0 atom stereocenters. The van der Waals surface area contributed by atoms with Crippen LogP contribution < -0.4 is 0 Å². The normalized spacial score (nSPS) is 13.8. The summed E-state index contributed by atoms with van der Waals surface area (Å²) in [5.74, 6) is 2.78. The number of aryl methyl sites for hydroxylation is 1. The van der Waals surface area contributed by atoms with Crippen molar-refractivity contribution >= 4 is 34.2 Å². The summed E-state index contributed by atoms with van der Waals surface area (Å²) in [5.41, 5.74) is 6.23. The zero-order chi connectivity index (χ0) is 58.2. The lowest BCUT2D eigenvalue weighted by molar-refractivity contribution is -0.135. The van der Waals surface area contributed by atoms with Crippen LogP contribution >= 0.6 is 12.2 Å². The number of hydrogen-bond donors (Lipinski definition) is 0. The van der Waals surface area contributed by atoms with Gasteiger partial charge in [0.25, 0.3) is 5.92 Å². The number of aromatic nitrogens is 1. The van der Waals surface area contributed by atoms with E-state index in [2.05, 4.69) is 178 Å². The molecule has 0 N–H and O–H groups in total. The fourth-order valence-corrected chi connectivity index (χ4v) is 8.52. The minimum atomic E-state index is -2.71. The molecule has 8 heteroatoms. The molecule has 78 heavy (non-hydrogen) atoms. The molecule has 0 radical (unpaired) electrons. The summed E-state index contributed by atoms with van der Waals surface area (Å²) in [6.45, 7) is 37.8. The van der Waals surface area contributed by atoms with Crippen LogP contribution in [0.1, 0.15) is 183 Å². The number of carbonyl (C=O) groups excluding carboxylic acids is 1. The third kappa shape index (κ3) is 28.1. The molecule has 0 saturated carbocycles. The van der Waals surface area contributed by atoms with Gasteiger partial charge >= 0.3 is 0 Å². The maximum Gasteiger partial charge on any atom is 0.275 e. The third-order valence-corrected chi connectivity index (χ3v) is 14.4. The standard InChI is InChI=1S/C11H16.C10H12F2.C10H11NO.C10H19NO.C10H19NS.C10H14.C9H12/c1-10(2)8-9-11-6-4-3-5-7-11;1-8(2)10(11,12)9-6-4-3-5-7-9;1-7(2)10-11-8-5-3-4-6-9(8)12-10;2*1-8(2)10(12)11-6-4-9(3)5-7-11;1-9(2)8-10-6-4-3-5-7-10;1-8(2)9-6-4-3-5-7-9/h3-7,10H,8-9H2,1-2H3;3-8H,1-2H3;3-7H,1-2H3;2*8-9H,4-7H2,1-3H3;3-7,9H,8H2,1-2H3;3-8H,1-2H3. The Bertz CT molecular complexity index is 2370. The zero-order valence-electron chi connectivity index (χ0n) is 51.2. The number of hydrogen-bond acceptors (Lipinski definition) is 4. The molecule has 2 fully saturated rings. The van der Waals surface area contributed by atoms with Gasteiger partial charge in [-0.2, -0.15) is 0 Å². The Kier molecular flexibility index (Phi) is 33.2. The van der Waals surface area contributed by atoms with Crippen molar-refractivity contribution in [3.63, 3.8) is 0 Å². The van der Waals surface area contributed by atoms with E-state index in [4.69, 9.17) is 16.6 Å². The molecule has 0 aliphatic carbocycles. The van der Waals surface area contributed by atoms with Gasteiger partial charge in [0.1, 0.15) is 5.52 Å². The quantitative estimate of drug-likeness (QED) is 0.121. The van der Waals surface area contributed by atoms with Gasteiger partial charge in [-0.1, -0.05) is 256 Å². The molecule has 2 aliphatic heterocycles. The van der Waals surface area contributed by atoms with Crippen molar-refractivity contribution < 1.29 is 18.0 Å². The van der Waals surface area contributed by atoms with E-state index in [1.165, 1.54) is 101 Å². The van der Waals surface area contributed by atoms with Gasteiger partial charge in [0.05, 0.1) is 4.99 Å². The molecule has 6 aromatic rings. The molecule has 430 valence electrons. The van der Waals surface area contributed by atoms with E-state index in [1.54, 1.807) is 18.2 Å². The van der Waals surface area contributed by atoms with Crippen LogP contribution in [0.15, 0.2) is 150 Å². The Balaban J connectivity index is 0.000000312. The number of nitrogens with zero attached hydrogens (tertiary/aromatic N) is 3. The Hall–Kier alpha value is -5.21. The fourth-order valence-electron chi connectivity index (χ4n) is 8.34. The molecule has 2 saturated heterocycles. The van der Waals surface area contributed by atoms with E-state index < -0.39 is 11.8 Å². The van der Waals surface area contributed by atoms with Crippen LogP contribution in [0.4, 0.5) is 8.78 Å². The van der Waals surface area contributed by atoms with Crippen molar-refractivity contribution in [2.75, 3.05) is 26.2 Å². The summed E-state index contributed by atoms with van der Waals surface area (Å²) in [5, 5.41) is 0. The number of oxazole rings is 1. The van der Waals surface area contributed by atoms with Crippen molar-refractivity contribution in [3.8, 4) is 0 Å². The first-order chi connectivity index (χ1) is 36.9. The molecular formula is C70H103F2N3O2S. The van der Waals surface area contributed by atoms with Crippen LogP contribution in [0.3, 0.4) is 0 Å². The highest BCUT2D eigenvalue weighted by Crippen LogP contribution is 2.35. The average Bonchev–Trinajstić information content (AvgIpc) is 3.89. The van der Waals surface area contributed by atoms with Gasteiger partial charge < -0.3 is 14.2 Å². The minimum absolute atomic E-state index is 0.0972. The molecule has 1 aromatic heterocycles. The van der Waals surface area contributed by atoms with Gasteiger partial charge in [-0.25, -0.2) is 13.8 Å². The van der Waals surface area contributed by atoms with Crippen molar-refractivity contribution in [1.82, 2.24) is 14.8 Å². The minimum Gasteiger partial charge on any atom is -0.440 e. The smallest absolute Gasteiger partial charge is 0.275 e. The predicted molar refractivity (Wildman–Crippen MR) is 336 cm³/mol. The largest absolute Gasteiger partial charge is 0.440 e. The highest BCUT2D eigenvalue weighted by Gasteiger charge is 2.35. The number of likely N-dealkylation sites (tertiary alicyclic amines) is 2. The molecule has 5 nitrogen and oxygen atoms in total. The summed E-state index contributed by atoms with van der Waals surface area (Å²) in [6.07, 6.45) is 8.69. The molecule has 0 bridgehead atoms. The summed E-state index contributed by atoms with van der Waals surface area (Å²) in [4.78, 5) is 21.4. The van der Waals surface area contributed by atoms with E-state index in [0.717, 1.165) is 58.7 Å². The lowest BCUT2D eigenvalue weighted by atomic mass is 9.98. The van der Waals surface area contributed by atoms with Gasteiger partial charge in [0.15, 0.2) is 11.5 Å². The van der Waals surface area contributed by atoms with Gasteiger partial charge in [-0.15, -0.1) is 0 Å². The Morgan fingerprint density at radius 3 is 1.40 bits per heavy atom. The van der Waals surface area contributed by atoms with Crippen LogP contribution in [0.5, 0.6) is 0 Å². The number of alkyl halides is 2. The van der Waals surface area contributed by atoms with Crippen LogP contribution in [0.25, 0.3) is 11.1 Å². The first kappa shape index (κ1) is 68.9. The molecule has 2 aliphatic rings. The molecular weight excluding hydrogens is 985 g/mol. The summed E-state index contributed by atoms with van der Waals surface area (Å²) in [6, 6.07) is 47.5. The molecule has 8 rings (SSSR count). The van der Waals surface area contributed by atoms with Crippen molar-refractivity contribution in [2.45, 2.75) is 173 Å². The van der Waals surface area contributed by atoms with Crippen LogP contribution in [0, 0.1) is 41.4 Å². The second-order valence-corrected chi connectivity index (χ2v) is 24.1. The van der Waals surface area contributed by atoms with E-state index in [9.17, 15) is 13.6 Å². The Morgan fingerprint density at radius 2 is 1.00 bits per heavy atom. The maximum absolute atomic E-state index is 13.3. The number of amides is 1. The van der Waals surface area contributed by atoms with Crippen LogP contribution in [-0.4, -0.2) is 51.9 Å². The number of thiocarbonyl (C=S) groups is 1. The fraction of sp³-hybridized carbons (Fsp3) is 0.529. The number of para-hydroxylation sites is 2. The third-order valence-electron chi connectivity index (χ3n) is 13.7. The van der Waals surface area contributed by atoms with Gasteiger partial charge in [-0.05, 0) is 103 Å². The van der Waals surface area contributed by atoms with Gasteiger partial charge in [0, 0.05) is 55.4 Å². The summed E-state index contributed by atoms with van der Waals surface area (Å²) >= 11 is 5.36. The van der Waals surface area contributed by atoms with Crippen LogP contribution in [0.2, 0.25) is 0 Å². The SMILES string of the molecule is CC(C)C(F)(F)c1ccccc1.CC(C)CCc1ccccc1.CC(C)Cc1ccccc1.CC(C)c1ccccc1.CC(C)c1nc2ccccc2o1.CC1CCN(C(=O)C(C)C)CC1.CC1CCN(C(=S)C(C)C)CC1. The Labute approximate surface area is 479 Å². The van der Waals surface area contributed by atoms with E-state index in [-0.39, 0.29) is 11.5 Å². The van der Waals surface area contributed by atoms with E-state index in [0.29, 0.717) is 23.7 Å². The topological polar surface area (TPSA) is 49.6 Å². The zero-order valence-corrected chi connectivity index (χ0v) is 52.0. The second kappa shape index (κ2) is 37.6. The molecule has 5 aromatic carbocycles. The summed E-state index contributed by atoms with van der Waals surface area (Å²) in [7, 11) is 0. The van der Waals surface area contributed by atoms with Crippen molar-refractivity contribution in [3.05, 3.63) is 174 Å². The Morgan fingerprint density at radius 1 is 0.564 bits per heavy atom. The average molecular weight is 1090 g/mol. The lowest BCUT2D eigenvalue weighted by Gasteiger charge is -2.33. The molecule has 3 heterocycles. The molecule has 0 spiro atoms. The number of halogens is 2. The lowest BCUT2D eigenvalue weighted by Crippen LogP contribution is -2.40. The van der Waals surface area contributed by atoms with Crippen molar-refractivity contribution in [1.29, 1.82) is 0 Å². The molecule has 1 amide bonds. The number of fused-ring (bicyclic) bond motifs is 1. The van der Waals surface area contributed by atoms with Gasteiger partial charge in [0.2, 0.25) is 5.91 Å². The predicted octanol–water partition coefficient (Wildman–Crippen LogP) is 20.0. The van der Waals surface area contributed by atoms with E-state index >= 15 is 0 Å². The highest BCUT2D eigenvalue weighted by atomic mass is 32.1. The number of benzene rings is 5. The first-order valence-electron chi connectivity index (χ1n) is 29.4. The van der Waals surface area contributed by atoms with Crippen LogP contribution in [-0.2, 0) is 23.6 Å². The van der Waals surface area contributed by atoms with Gasteiger partial charge in [-0.3, -0.25) is 4.79 Å². The second-order valence-electron chi connectivity index (χ2n) is 23.7.